The van der Waals surface area contributed by atoms with E-state index in [-0.39, 0.29) is 0 Å². The molecule has 1 aliphatic rings. The number of benzene rings is 1. The van der Waals surface area contributed by atoms with Crippen LogP contribution < -0.4 is 10.6 Å². The number of ether oxygens (including phenoxy) is 1. The number of aryl methyl sites for hydroxylation is 1. The van der Waals surface area contributed by atoms with Gasteiger partial charge in [0.25, 0.3) is 11.8 Å². The molecule has 4 amide bonds. The van der Waals surface area contributed by atoms with Crippen molar-refractivity contribution in [3.05, 3.63) is 35.4 Å². The molecule has 2 rings (SSSR count). The van der Waals surface area contributed by atoms with Crippen LogP contribution in [0.15, 0.2) is 24.3 Å². The number of amides is 4. The zero-order valence-corrected chi connectivity index (χ0v) is 16.5. The molecule has 0 saturated carbocycles. The standard InChI is InChI=1S/C20H27N3O5/c1-4-20(5-2)18(26)23(19(27)22-20)12-17(25)28-13-16(24)21-11-10-15-9-7-6-8-14(15)3/h6-9H,4-5,10-13H2,1-3H3,(H,21,24)(H,22,27). The number of carbonyl (C=O) groups is 4. The van der Waals surface area contributed by atoms with Crippen molar-refractivity contribution in [1.29, 1.82) is 0 Å². The highest BCUT2D eigenvalue weighted by Gasteiger charge is 2.49. The van der Waals surface area contributed by atoms with Gasteiger partial charge in [-0.05, 0) is 37.3 Å². The maximum atomic E-state index is 12.4. The van der Waals surface area contributed by atoms with Gasteiger partial charge in [-0.1, -0.05) is 38.1 Å². The summed E-state index contributed by atoms with van der Waals surface area (Å²) in [5, 5.41) is 5.32. The quantitative estimate of drug-likeness (QED) is 0.489. The zero-order valence-electron chi connectivity index (χ0n) is 16.5. The summed E-state index contributed by atoms with van der Waals surface area (Å²) in [6.45, 7) is 5.05. The van der Waals surface area contributed by atoms with Crippen molar-refractivity contribution in [3.63, 3.8) is 0 Å². The third-order valence-electron chi connectivity index (χ3n) is 5.08. The molecule has 1 heterocycles. The predicted molar refractivity (Wildman–Crippen MR) is 102 cm³/mol. The largest absolute Gasteiger partial charge is 0.454 e. The predicted octanol–water partition coefficient (Wildman–Crippen LogP) is 1.31. The Bertz CT molecular complexity index is 758. The molecule has 8 heteroatoms. The van der Waals surface area contributed by atoms with Crippen LogP contribution in [0.3, 0.4) is 0 Å². The fourth-order valence-corrected chi connectivity index (χ4v) is 3.15. The van der Waals surface area contributed by atoms with E-state index in [4.69, 9.17) is 4.74 Å². The molecule has 152 valence electrons. The summed E-state index contributed by atoms with van der Waals surface area (Å²) in [6.07, 6.45) is 1.54. The van der Waals surface area contributed by atoms with Crippen molar-refractivity contribution in [2.75, 3.05) is 19.7 Å². The Kier molecular flexibility index (Phi) is 7.14. The molecule has 0 radical (unpaired) electrons. The Morgan fingerprint density at radius 2 is 1.86 bits per heavy atom. The number of carbonyl (C=O) groups excluding carboxylic acids is 4. The lowest BCUT2D eigenvalue weighted by molar-refractivity contribution is -0.151. The van der Waals surface area contributed by atoms with Crippen LogP contribution in [-0.4, -0.2) is 54.0 Å². The summed E-state index contributed by atoms with van der Waals surface area (Å²) in [7, 11) is 0. The van der Waals surface area contributed by atoms with Crippen molar-refractivity contribution in [2.24, 2.45) is 0 Å². The second kappa shape index (κ2) is 9.34. The van der Waals surface area contributed by atoms with Gasteiger partial charge in [0.2, 0.25) is 0 Å². The number of urea groups is 1. The highest BCUT2D eigenvalue weighted by atomic mass is 16.5. The zero-order chi connectivity index (χ0) is 20.7. The number of hydrogen-bond donors (Lipinski definition) is 2. The lowest BCUT2D eigenvalue weighted by Crippen LogP contribution is -2.46. The van der Waals surface area contributed by atoms with Crippen molar-refractivity contribution in [2.45, 2.75) is 45.6 Å². The summed E-state index contributed by atoms with van der Waals surface area (Å²) in [4.78, 5) is 49.1. The monoisotopic (exact) mass is 389 g/mol. The van der Waals surface area contributed by atoms with Gasteiger partial charge >= 0.3 is 12.0 Å². The lowest BCUT2D eigenvalue weighted by atomic mass is 9.93. The SMILES string of the molecule is CCC1(CC)NC(=O)N(CC(=O)OCC(=O)NCCc2ccccc2C)C1=O. The number of rotatable bonds is 9. The van der Waals surface area contributed by atoms with Crippen LogP contribution in [0.5, 0.6) is 0 Å². The molecule has 1 aromatic rings. The Hall–Kier alpha value is -2.90. The topological polar surface area (TPSA) is 105 Å². The summed E-state index contributed by atoms with van der Waals surface area (Å²) in [5.41, 5.74) is 1.31. The van der Waals surface area contributed by atoms with Crippen LogP contribution in [0.25, 0.3) is 0 Å². The molecular weight excluding hydrogens is 362 g/mol. The third-order valence-corrected chi connectivity index (χ3v) is 5.08. The minimum Gasteiger partial charge on any atom is -0.454 e. The van der Waals surface area contributed by atoms with Crippen molar-refractivity contribution >= 4 is 23.8 Å². The molecule has 0 aliphatic carbocycles. The van der Waals surface area contributed by atoms with E-state index in [0.717, 1.165) is 16.0 Å². The molecule has 1 aliphatic heterocycles. The van der Waals surface area contributed by atoms with E-state index in [9.17, 15) is 19.2 Å². The second-order valence-corrected chi connectivity index (χ2v) is 6.80. The minimum atomic E-state index is -0.968. The maximum Gasteiger partial charge on any atom is 0.326 e. The Balaban J connectivity index is 1.75. The Labute approximate surface area is 164 Å². The summed E-state index contributed by atoms with van der Waals surface area (Å²) < 4.78 is 4.90. The van der Waals surface area contributed by atoms with Gasteiger partial charge in [0, 0.05) is 6.54 Å². The highest BCUT2D eigenvalue weighted by molar-refractivity contribution is 6.08. The number of esters is 1. The fourth-order valence-electron chi connectivity index (χ4n) is 3.15. The normalized spacial score (nSPS) is 15.3. The van der Waals surface area contributed by atoms with E-state index in [1.165, 1.54) is 0 Å². The van der Waals surface area contributed by atoms with E-state index in [1.54, 1.807) is 13.8 Å². The first-order valence-corrected chi connectivity index (χ1v) is 9.44. The first-order chi connectivity index (χ1) is 13.3. The van der Waals surface area contributed by atoms with E-state index in [0.29, 0.717) is 25.8 Å². The van der Waals surface area contributed by atoms with Gasteiger partial charge in [-0.3, -0.25) is 19.3 Å². The van der Waals surface area contributed by atoms with Crippen LogP contribution in [0.1, 0.15) is 37.8 Å². The Morgan fingerprint density at radius 3 is 2.46 bits per heavy atom. The van der Waals surface area contributed by atoms with E-state index < -0.39 is 42.5 Å². The molecule has 8 nitrogen and oxygen atoms in total. The van der Waals surface area contributed by atoms with E-state index in [1.807, 2.05) is 31.2 Å². The molecule has 1 aromatic carbocycles. The molecular formula is C20H27N3O5. The number of nitrogens with zero attached hydrogens (tertiary/aromatic N) is 1. The molecule has 0 bridgehead atoms. The van der Waals surface area contributed by atoms with Crippen LogP contribution in [-0.2, 0) is 25.5 Å². The van der Waals surface area contributed by atoms with Gasteiger partial charge < -0.3 is 15.4 Å². The van der Waals surface area contributed by atoms with E-state index >= 15 is 0 Å². The molecule has 0 unspecified atom stereocenters. The smallest absolute Gasteiger partial charge is 0.326 e. The highest BCUT2D eigenvalue weighted by Crippen LogP contribution is 2.24. The average molecular weight is 389 g/mol. The van der Waals surface area contributed by atoms with Crippen molar-refractivity contribution < 1.29 is 23.9 Å². The minimum absolute atomic E-state index is 0.420. The molecule has 2 N–H and O–H groups in total. The number of imide groups is 1. The average Bonchev–Trinajstić information content (AvgIpc) is 2.92. The van der Waals surface area contributed by atoms with Crippen molar-refractivity contribution in [1.82, 2.24) is 15.5 Å². The van der Waals surface area contributed by atoms with Crippen molar-refractivity contribution in [3.8, 4) is 0 Å². The molecule has 0 atom stereocenters. The van der Waals surface area contributed by atoms with Crippen LogP contribution in [0, 0.1) is 6.92 Å². The second-order valence-electron chi connectivity index (χ2n) is 6.80. The first kappa shape index (κ1) is 21.4. The van der Waals surface area contributed by atoms with Gasteiger partial charge in [0.15, 0.2) is 6.61 Å². The van der Waals surface area contributed by atoms with Gasteiger partial charge in [-0.2, -0.15) is 0 Å². The van der Waals surface area contributed by atoms with Gasteiger partial charge in [0.05, 0.1) is 0 Å². The fraction of sp³-hybridized carbons (Fsp3) is 0.500. The first-order valence-electron chi connectivity index (χ1n) is 9.44. The maximum absolute atomic E-state index is 12.4. The van der Waals surface area contributed by atoms with Crippen LogP contribution in [0.2, 0.25) is 0 Å². The van der Waals surface area contributed by atoms with Crippen LogP contribution in [0.4, 0.5) is 4.79 Å². The van der Waals surface area contributed by atoms with Gasteiger partial charge in [0.1, 0.15) is 12.1 Å². The summed E-state index contributed by atoms with van der Waals surface area (Å²) in [5.74, 6) is -1.68. The molecule has 28 heavy (non-hydrogen) atoms. The lowest BCUT2D eigenvalue weighted by Gasteiger charge is -2.22. The summed E-state index contributed by atoms with van der Waals surface area (Å²) in [6, 6.07) is 7.27. The van der Waals surface area contributed by atoms with E-state index in [2.05, 4.69) is 10.6 Å². The molecule has 0 spiro atoms. The third kappa shape index (κ3) is 4.88. The molecule has 1 fully saturated rings. The van der Waals surface area contributed by atoms with Crippen LogP contribution >= 0.6 is 0 Å². The number of nitrogens with one attached hydrogen (secondary N) is 2. The number of hydrogen-bond acceptors (Lipinski definition) is 5. The summed E-state index contributed by atoms with van der Waals surface area (Å²) >= 11 is 0. The van der Waals surface area contributed by atoms with Gasteiger partial charge in [-0.15, -0.1) is 0 Å². The van der Waals surface area contributed by atoms with Gasteiger partial charge in [-0.25, -0.2) is 4.79 Å². The molecule has 1 saturated heterocycles. The molecule has 0 aromatic heterocycles. The Morgan fingerprint density at radius 1 is 1.18 bits per heavy atom.